The van der Waals surface area contributed by atoms with Crippen LogP contribution in [0.3, 0.4) is 0 Å². The molecule has 0 unspecified atom stereocenters. The number of nitrogens with zero attached hydrogens (tertiary/aromatic N) is 2. The summed E-state index contributed by atoms with van der Waals surface area (Å²) in [5.74, 6) is -1.16. The predicted octanol–water partition coefficient (Wildman–Crippen LogP) is 2.69. The number of ether oxygens (including phenoxy) is 2. The second-order valence-corrected chi connectivity index (χ2v) is 4.92. The molecule has 0 saturated carbocycles. The van der Waals surface area contributed by atoms with E-state index in [0.717, 1.165) is 6.20 Å². The molecule has 0 spiro atoms. The lowest BCUT2D eigenvalue weighted by Gasteiger charge is -2.22. The topological polar surface area (TPSA) is 74.5 Å². The van der Waals surface area contributed by atoms with Crippen molar-refractivity contribution in [2.45, 2.75) is 17.5 Å². The highest BCUT2D eigenvalue weighted by Crippen LogP contribution is 2.38. The van der Waals surface area contributed by atoms with Gasteiger partial charge in [0.15, 0.2) is 5.79 Å². The predicted molar refractivity (Wildman–Crippen MR) is 64.6 cm³/mol. The first kappa shape index (κ1) is 13.5. The van der Waals surface area contributed by atoms with Crippen LogP contribution in [0.4, 0.5) is 5.69 Å². The quantitative estimate of drug-likeness (QED) is 0.486. The number of rotatable bonds is 3. The lowest BCUT2D eigenvalue weighted by molar-refractivity contribution is -0.388. The summed E-state index contributed by atoms with van der Waals surface area (Å²) in [5, 5.41) is 11.0. The summed E-state index contributed by atoms with van der Waals surface area (Å²) in [6, 6.07) is 1.44. The molecule has 1 saturated heterocycles. The second-order valence-electron chi connectivity index (χ2n) is 3.83. The van der Waals surface area contributed by atoms with Crippen LogP contribution in [-0.4, -0.2) is 23.1 Å². The maximum absolute atomic E-state index is 11.0. The van der Waals surface area contributed by atoms with Gasteiger partial charge in [0.2, 0.25) is 0 Å². The average molecular weight is 293 g/mol. The third kappa shape index (κ3) is 2.42. The van der Waals surface area contributed by atoms with Gasteiger partial charge in [-0.2, -0.15) is 0 Å². The first-order valence-corrected chi connectivity index (χ1v) is 6.02. The normalized spacial score (nSPS) is 18.2. The highest BCUT2D eigenvalue weighted by atomic mass is 35.5. The van der Waals surface area contributed by atoms with Gasteiger partial charge in [0.25, 0.3) is 5.69 Å². The van der Waals surface area contributed by atoms with Crippen LogP contribution < -0.4 is 0 Å². The number of nitro groups is 1. The first-order chi connectivity index (χ1) is 8.44. The molecule has 0 aromatic carbocycles. The molecule has 6 nitrogen and oxygen atoms in total. The largest absolute Gasteiger partial charge is 0.343 e. The highest BCUT2D eigenvalue weighted by molar-refractivity contribution is 6.43. The van der Waals surface area contributed by atoms with Crippen molar-refractivity contribution in [3.63, 3.8) is 0 Å². The molecule has 2 heterocycles. The molecule has 18 heavy (non-hydrogen) atoms. The van der Waals surface area contributed by atoms with Crippen molar-refractivity contribution in [3.05, 3.63) is 33.6 Å². The number of hydrogen-bond acceptors (Lipinski definition) is 5. The molecule has 0 N–H and O–H groups in total. The van der Waals surface area contributed by atoms with Gasteiger partial charge in [-0.05, 0) is 13.0 Å². The Labute approximate surface area is 113 Å². The van der Waals surface area contributed by atoms with E-state index in [-0.39, 0.29) is 11.3 Å². The van der Waals surface area contributed by atoms with Crippen molar-refractivity contribution < 1.29 is 14.4 Å². The molecule has 0 bridgehead atoms. The fourth-order valence-corrected chi connectivity index (χ4v) is 2.00. The molecular formula is C10H10Cl2N2O4. The summed E-state index contributed by atoms with van der Waals surface area (Å²) >= 11 is 11.4. The van der Waals surface area contributed by atoms with E-state index < -0.39 is 15.5 Å². The summed E-state index contributed by atoms with van der Waals surface area (Å²) in [6.45, 7) is 2.36. The molecule has 0 radical (unpaired) electrons. The van der Waals surface area contributed by atoms with E-state index in [1.807, 2.05) is 0 Å². The summed E-state index contributed by atoms with van der Waals surface area (Å²) in [6.07, 6.45) is 1.11. The highest BCUT2D eigenvalue weighted by Gasteiger charge is 2.39. The van der Waals surface area contributed by atoms with E-state index in [4.69, 9.17) is 32.7 Å². The Kier molecular flexibility index (Phi) is 3.72. The maximum Gasteiger partial charge on any atom is 0.296 e. The minimum Gasteiger partial charge on any atom is -0.343 e. The summed E-state index contributed by atoms with van der Waals surface area (Å²) in [4.78, 5) is 13.4. The van der Waals surface area contributed by atoms with Crippen molar-refractivity contribution in [3.8, 4) is 0 Å². The van der Waals surface area contributed by atoms with Crippen LogP contribution in [0.5, 0.6) is 0 Å². The molecule has 8 heteroatoms. The first-order valence-electron chi connectivity index (χ1n) is 5.15. The van der Waals surface area contributed by atoms with E-state index in [1.165, 1.54) is 6.07 Å². The molecule has 98 valence electrons. The van der Waals surface area contributed by atoms with Gasteiger partial charge in [-0.15, -0.1) is 0 Å². The summed E-state index contributed by atoms with van der Waals surface area (Å²) in [5.41, 5.74) is 0.401. The van der Waals surface area contributed by atoms with Gasteiger partial charge in [-0.25, -0.2) is 0 Å². The Morgan fingerprint density at radius 1 is 1.50 bits per heavy atom. The molecule has 0 atom stereocenters. The number of aromatic nitrogens is 1. The van der Waals surface area contributed by atoms with Crippen molar-refractivity contribution in [1.82, 2.24) is 4.98 Å². The minimum atomic E-state index is -1.16. The van der Waals surface area contributed by atoms with Crippen LogP contribution in [0.15, 0.2) is 12.3 Å². The SMILES string of the molecule is CC1(c2cc(C(Cl)Cl)ncc2[N+](=O)[O-])OCCO1. The van der Waals surface area contributed by atoms with E-state index in [1.54, 1.807) is 6.92 Å². The van der Waals surface area contributed by atoms with Gasteiger partial charge < -0.3 is 9.47 Å². The third-order valence-electron chi connectivity index (χ3n) is 2.65. The summed E-state index contributed by atoms with van der Waals surface area (Å²) < 4.78 is 10.8. The Morgan fingerprint density at radius 3 is 2.61 bits per heavy atom. The van der Waals surface area contributed by atoms with E-state index in [0.29, 0.717) is 18.9 Å². The third-order valence-corrected chi connectivity index (χ3v) is 3.10. The Balaban J connectivity index is 2.53. The fraction of sp³-hybridized carbons (Fsp3) is 0.500. The van der Waals surface area contributed by atoms with Crippen molar-refractivity contribution in [2.75, 3.05) is 13.2 Å². The number of halogens is 2. The van der Waals surface area contributed by atoms with Crippen LogP contribution in [0, 0.1) is 10.1 Å². The Morgan fingerprint density at radius 2 is 2.11 bits per heavy atom. The van der Waals surface area contributed by atoms with Crippen LogP contribution in [0.1, 0.15) is 23.0 Å². The minimum absolute atomic E-state index is 0.183. The van der Waals surface area contributed by atoms with Gasteiger partial charge in [0.1, 0.15) is 11.0 Å². The Hall–Kier alpha value is -0.950. The van der Waals surface area contributed by atoms with Crippen molar-refractivity contribution in [1.29, 1.82) is 0 Å². The zero-order chi connectivity index (χ0) is 13.3. The molecule has 0 aliphatic carbocycles. The molecule has 0 amide bonds. The van der Waals surface area contributed by atoms with Gasteiger partial charge in [0, 0.05) is 0 Å². The molecular weight excluding hydrogens is 283 g/mol. The fourth-order valence-electron chi connectivity index (χ4n) is 1.76. The number of hydrogen-bond donors (Lipinski definition) is 0. The maximum atomic E-state index is 11.0. The van der Waals surface area contributed by atoms with Gasteiger partial charge in [-0.1, -0.05) is 23.2 Å². The average Bonchev–Trinajstić information content (AvgIpc) is 2.76. The number of pyridine rings is 1. The smallest absolute Gasteiger partial charge is 0.296 e. The van der Waals surface area contributed by atoms with Crippen molar-refractivity contribution >= 4 is 28.9 Å². The molecule has 1 aromatic heterocycles. The van der Waals surface area contributed by atoms with Crippen LogP contribution in [-0.2, 0) is 15.3 Å². The number of alkyl halides is 2. The monoisotopic (exact) mass is 292 g/mol. The second kappa shape index (κ2) is 4.97. The van der Waals surface area contributed by atoms with E-state index in [9.17, 15) is 10.1 Å². The molecule has 1 aromatic rings. The van der Waals surface area contributed by atoms with Gasteiger partial charge in [0.05, 0.1) is 29.4 Å². The van der Waals surface area contributed by atoms with Gasteiger partial charge >= 0.3 is 0 Å². The van der Waals surface area contributed by atoms with Crippen LogP contribution in [0.25, 0.3) is 0 Å². The molecule has 1 fully saturated rings. The van der Waals surface area contributed by atoms with E-state index >= 15 is 0 Å². The lowest BCUT2D eigenvalue weighted by atomic mass is 10.1. The van der Waals surface area contributed by atoms with Crippen LogP contribution >= 0.6 is 23.2 Å². The van der Waals surface area contributed by atoms with Crippen LogP contribution in [0.2, 0.25) is 0 Å². The zero-order valence-corrected chi connectivity index (χ0v) is 10.9. The van der Waals surface area contributed by atoms with E-state index in [2.05, 4.69) is 4.98 Å². The van der Waals surface area contributed by atoms with Gasteiger partial charge in [-0.3, -0.25) is 15.1 Å². The molecule has 2 rings (SSSR count). The Bertz CT molecular complexity index is 475. The molecule has 1 aliphatic rings. The standard InChI is InChI=1S/C10H10Cl2N2O4/c1-10(17-2-3-18-10)6-4-7(9(11)12)13-5-8(6)14(15)16/h4-5,9H,2-3H2,1H3. The summed E-state index contributed by atoms with van der Waals surface area (Å²) in [7, 11) is 0. The lowest BCUT2D eigenvalue weighted by Crippen LogP contribution is -2.24. The zero-order valence-electron chi connectivity index (χ0n) is 9.43. The molecule has 1 aliphatic heterocycles. The van der Waals surface area contributed by atoms with Crippen molar-refractivity contribution in [2.24, 2.45) is 0 Å².